The van der Waals surface area contributed by atoms with Gasteiger partial charge in [0.1, 0.15) is 12.4 Å². The van der Waals surface area contributed by atoms with Gasteiger partial charge >= 0.3 is 5.69 Å². The highest BCUT2D eigenvalue weighted by Crippen LogP contribution is 2.15. The average molecular weight is 381 g/mol. The Bertz CT molecular complexity index is 1130. The number of hydrogen-bond donors (Lipinski definition) is 1. The second-order valence-corrected chi connectivity index (χ2v) is 6.64. The van der Waals surface area contributed by atoms with Gasteiger partial charge in [-0.15, -0.1) is 0 Å². The first-order valence-corrected chi connectivity index (χ1v) is 8.75. The maximum absolute atomic E-state index is 13.0. The molecule has 3 rings (SSSR count). The SMILES string of the molecule is Cc1ccc(NC(=O)Cn2c(=O)ccn(Cc3ccc(F)cc3)c2=O)c(C)c1. The minimum absolute atomic E-state index is 0.165. The van der Waals surface area contributed by atoms with Crippen LogP contribution in [0.5, 0.6) is 0 Å². The van der Waals surface area contributed by atoms with Crippen molar-refractivity contribution in [3.05, 3.63) is 98.1 Å². The van der Waals surface area contributed by atoms with Crippen LogP contribution in [0, 0.1) is 19.7 Å². The highest BCUT2D eigenvalue weighted by atomic mass is 19.1. The van der Waals surface area contributed by atoms with Crippen molar-refractivity contribution in [3.8, 4) is 0 Å². The normalized spacial score (nSPS) is 10.7. The summed E-state index contributed by atoms with van der Waals surface area (Å²) in [5, 5.41) is 2.73. The number of halogens is 1. The summed E-state index contributed by atoms with van der Waals surface area (Å²) in [7, 11) is 0. The summed E-state index contributed by atoms with van der Waals surface area (Å²) in [5.74, 6) is -0.838. The maximum Gasteiger partial charge on any atom is 0.331 e. The zero-order chi connectivity index (χ0) is 20.3. The lowest BCUT2D eigenvalue weighted by Gasteiger charge is -2.12. The quantitative estimate of drug-likeness (QED) is 0.738. The summed E-state index contributed by atoms with van der Waals surface area (Å²) in [6.07, 6.45) is 1.37. The molecule has 144 valence electrons. The molecule has 0 aliphatic rings. The maximum atomic E-state index is 13.0. The predicted molar refractivity (Wildman–Crippen MR) is 105 cm³/mol. The van der Waals surface area contributed by atoms with Crippen LogP contribution in [0.2, 0.25) is 0 Å². The molecule has 1 amide bonds. The standard InChI is InChI=1S/C21H20FN3O3/c1-14-3-8-18(15(2)11-14)23-19(26)13-25-20(27)9-10-24(21(25)28)12-16-4-6-17(22)7-5-16/h3-11H,12-13H2,1-2H3,(H,23,26). The first kappa shape index (κ1) is 19.3. The van der Waals surface area contributed by atoms with Crippen molar-refractivity contribution in [3.63, 3.8) is 0 Å². The topological polar surface area (TPSA) is 73.1 Å². The van der Waals surface area contributed by atoms with Crippen molar-refractivity contribution >= 4 is 11.6 Å². The molecule has 0 atom stereocenters. The van der Waals surface area contributed by atoms with Gasteiger partial charge in [-0.3, -0.25) is 18.7 Å². The molecule has 0 aliphatic carbocycles. The fraction of sp³-hybridized carbons (Fsp3) is 0.190. The second-order valence-electron chi connectivity index (χ2n) is 6.64. The fourth-order valence-corrected chi connectivity index (χ4v) is 2.90. The number of nitrogens with one attached hydrogen (secondary N) is 1. The van der Waals surface area contributed by atoms with E-state index in [1.807, 2.05) is 26.0 Å². The van der Waals surface area contributed by atoms with Gasteiger partial charge in [-0.25, -0.2) is 9.18 Å². The highest BCUT2D eigenvalue weighted by molar-refractivity contribution is 5.91. The van der Waals surface area contributed by atoms with Gasteiger partial charge in [-0.05, 0) is 43.2 Å². The Morgan fingerprint density at radius 1 is 1.04 bits per heavy atom. The highest BCUT2D eigenvalue weighted by Gasteiger charge is 2.11. The fourth-order valence-electron chi connectivity index (χ4n) is 2.90. The number of hydrogen-bond acceptors (Lipinski definition) is 3. The van der Waals surface area contributed by atoms with E-state index >= 15 is 0 Å². The third-order valence-electron chi connectivity index (χ3n) is 4.36. The summed E-state index contributed by atoms with van der Waals surface area (Å²) < 4.78 is 15.2. The smallest absolute Gasteiger partial charge is 0.324 e. The molecule has 2 aromatic carbocycles. The Hall–Kier alpha value is -3.48. The lowest BCUT2D eigenvalue weighted by Crippen LogP contribution is -2.41. The molecule has 0 bridgehead atoms. The number of nitrogens with zero attached hydrogens (tertiary/aromatic N) is 2. The molecular weight excluding hydrogens is 361 g/mol. The molecule has 1 aromatic heterocycles. The second kappa shape index (κ2) is 8.04. The zero-order valence-electron chi connectivity index (χ0n) is 15.6. The van der Waals surface area contributed by atoms with Crippen molar-refractivity contribution in [1.29, 1.82) is 0 Å². The Balaban J connectivity index is 1.81. The zero-order valence-corrected chi connectivity index (χ0v) is 15.6. The van der Waals surface area contributed by atoms with Crippen molar-refractivity contribution in [2.24, 2.45) is 0 Å². The third-order valence-corrected chi connectivity index (χ3v) is 4.36. The van der Waals surface area contributed by atoms with Gasteiger partial charge in [-0.1, -0.05) is 29.8 Å². The lowest BCUT2D eigenvalue weighted by atomic mass is 10.1. The molecule has 6 nitrogen and oxygen atoms in total. The van der Waals surface area contributed by atoms with E-state index in [1.54, 1.807) is 18.2 Å². The number of aryl methyl sites for hydroxylation is 2. The molecular formula is C21H20FN3O3. The van der Waals surface area contributed by atoms with E-state index in [2.05, 4.69) is 5.32 Å². The van der Waals surface area contributed by atoms with E-state index in [9.17, 15) is 18.8 Å². The van der Waals surface area contributed by atoms with Gasteiger partial charge in [0.2, 0.25) is 5.91 Å². The Labute approximate surface area is 160 Å². The van der Waals surface area contributed by atoms with Crippen LogP contribution >= 0.6 is 0 Å². The number of carbonyl (C=O) groups is 1. The largest absolute Gasteiger partial charge is 0.331 e. The molecule has 3 aromatic rings. The molecule has 0 unspecified atom stereocenters. The minimum Gasteiger partial charge on any atom is -0.324 e. The summed E-state index contributed by atoms with van der Waals surface area (Å²) in [4.78, 5) is 37.1. The van der Waals surface area contributed by atoms with Crippen molar-refractivity contribution in [1.82, 2.24) is 9.13 Å². The van der Waals surface area contributed by atoms with E-state index in [-0.39, 0.29) is 12.4 Å². The Morgan fingerprint density at radius 3 is 2.43 bits per heavy atom. The molecule has 0 aliphatic heterocycles. The van der Waals surface area contributed by atoms with Crippen molar-refractivity contribution in [2.75, 3.05) is 5.32 Å². The molecule has 0 saturated carbocycles. The molecule has 0 spiro atoms. The average Bonchev–Trinajstić information content (AvgIpc) is 2.65. The molecule has 28 heavy (non-hydrogen) atoms. The molecule has 7 heteroatoms. The van der Waals surface area contributed by atoms with Gasteiger partial charge in [0, 0.05) is 18.0 Å². The van der Waals surface area contributed by atoms with Crippen LogP contribution in [0.1, 0.15) is 16.7 Å². The van der Waals surface area contributed by atoms with Crippen LogP contribution in [-0.4, -0.2) is 15.0 Å². The lowest BCUT2D eigenvalue weighted by molar-refractivity contribution is -0.116. The Morgan fingerprint density at radius 2 is 1.75 bits per heavy atom. The molecule has 0 radical (unpaired) electrons. The van der Waals surface area contributed by atoms with E-state index in [4.69, 9.17) is 0 Å². The molecule has 1 heterocycles. The van der Waals surface area contributed by atoms with E-state index in [0.717, 1.165) is 15.7 Å². The molecule has 0 fully saturated rings. The summed E-state index contributed by atoms with van der Waals surface area (Å²) in [5.41, 5.74) is 2.13. The van der Waals surface area contributed by atoms with E-state index < -0.39 is 23.7 Å². The van der Waals surface area contributed by atoms with Gasteiger partial charge in [0.15, 0.2) is 0 Å². The van der Waals surface area contributed by atoms with Crippen LogP contribution in [0.3, 0.4) is 0 Å². The summed E-state index contributed by atoms with van der Waals surface area (Å²) in [6.45, 7) is 3.59. The minimum atomic E-state index is -0.604. The van der Waals surface area contributed by atoms with Gasteiger partial charge in [0.05, 0.1) is 6.54 Å². The van der Waals surface area contributed by atoms with Crippen LogP contribution in [0.25, 0.3) is 0 Å². The van der Waals surface area contributed by atoms with E-state index in [1.165, 1.54) is 29.0 Å². The van der Waals surface area contributed by atoms with Gasteiger partial charge in [-0.2, -0.15) is 0 Å². The van der Waals surface area contributed by atoms with Crippen molar-refractivity contribution < 1.29 is 9.18 Å². The van der Waals surface area contributed by atoms with Crippen LogP contribution < -0.4 is 16.6 Å². The van der Waals surface area contributed by atoms with Gasteiger partial charge in [0.25, 0.3) is 5.56 Å². The monoisotopic (exact) mass is 381 g/mol. The number of anilines is 1. The predicted octanol–water partition coefficient (Wildman–Crippen LogP) is 2.45. The van der Waals surface area contributed by atoms with Crippen LogP contribution in [0.15, 0.2) is 64.3 Å². The van der Waals surface area contributed by atoms with E-state index in [0.29, 0.717) is 11.3 Å². The summed E-state index contributed by atoms with van der Waals surface area (Å²) >= 11 is 0. The number of benzene rings is 2. The van der Waals surface area contributed by atoms with Crippen molar-refractivity contribution in [2.45, 2.75) is 26.9 Å². The third kappa shape index (κ3) is 4.43. The number of carbonyl (C=O) groups excluding carboxylic acids is 1. The molecule has 0 saturated heterocycles. The Kier molecular flexibility index (Phi) is 5.54. The number of aromatic nitrogens is 2. The van der Waals surface area contributed by atoms with Gasteiger partial charge < -0.3 is 5.32 Å². The van der Waals surface area contributed by atoms with Crippen LogP contribution in [-0.2, 0) is 17.9 Å². The molecule has 1 N–H and O–H groups in total. The first-order valence-electron chi connectivity index (χ1n) is 8.75. The first-order chi connectivity index (χ1) is 13.3. The van der Waals surface area contributed by atoms with Crippen LogP contribution in [0.4, 0.5) is 10.1 Å². The number of rotatable bonds is 5. The summed E-state index contributed by atoms with van der Waals surface area (Å²) in [6, 6.07) is 12.5. The number of amides is 1.